The summed E-state index contributed by atoms with van der Waals surface area (Å²) >= 11 is 0. The molecule has 0 spiro atoms. The van der Waals surface area contributed by atoms with Gasteiger partial charge in [0.05, 0.1) is 5.69 Å². The molecule has 1 aliphatic heterocycles. The number of anilines is 5. The Bertz CT molecular complexity index is 896. The number of nitrogens with zero attached hydrogens (tertiary/aromatic N) is 4. The van der Waals surface area contributed by atoms with Crippen molar-refractivity contribution in [1.82, 2.24) is 20.3 Å². The van der Waals surface area contributed by atoms with Gasteiger partial charge in [-0.05, 0) is 62.8 Å². The molecule has 1 saturated heterocycles. The first kappa shape index (κ1) is 22.5. The van der Waals surface area contributed by atoms with Crippen molar-refractivity contribution in [2.24, 2.45) is 5.92 Å². The average molecular weight is 443 g/mol. The van der Waals surface area contributed by atoms with E-state index >= 15 is 0 Å². The Balaban J connectivity index is 1.63. The van der Waals surface area contributed by atoms with Gasteiger partial charge in [0.15, 0.2) is 0 Å². The van der Waals surface area contributed by atoms with Crippen molar-refractivity contribution >= 4 is 29.2 Å². The largest absolute Gasteiger partial charge is 0.396 e. The Morgan fingerprint density at radius 1 is 1.12 bits per heavy atom. The van der Waals surface area contributed by atoms with E-state index in [1.807, 2.05) is 0 Å². The molecule has 1 aliphatic carbocycles. The molecule has 2 unspecified atom stereocenters. The van der Waals surface area contributed by atoms with E-state index in [4.69, 9.17) is 16.5 Å². The predicted octanol–water partition coefficient (Wildman–Crippen LogP) is 3.84. The van der Waals surface area contributed by atoms with Crippen LogP contribution in [0, 0.1) is 11.7 Å². The molecule has 0 radical (unpaired) electrons. The zero-order chi connectivity index (χ0) is 22.5. The maximum atomic E-state index is 13.9. The fraction of sp³-hybridized carbons (Fsp3) is 0.609. The summed E-state index contributed by atoms with van der Waals surface area (Å²) in [4.78, 5) is 15.8. The Morgan fingerprint density at radius 2 is 1.94 bits per heavy atom. The molecule has 8 nitrogen and oxygen atoms in total. The van der Waals surface area contributed by atoms with Crippen LogP contribution in [0.15, 0.2) is 18.2 Å². The molecule has 0 bridgehead atoms. The van der Waals surface area contributed by atoms with E-state index in [0.29, 0.717) is 29.5 Å². The normalized spacial score (nSPS) is 20.2. The smallest absolute Gasteiger partial charge is 0.233 e. The summed E-state index contributed by atoms with van der Waals surface area (Å²) < 4.78 is 13.9. The minimum absolute atomic E-state index is 0.0971. The molecule has 32 heavy (non-hydrogen) atoms. The van der Waals surface area contributed by atoms with Crippen LogP contribution in [0.5, 0.6) is 0 Å². The average Bonchev–Trinajstić information content (AvgIpc) is 3.31. The first-order chi connectivity index (χ1) is 15.5. The van der Waals surface area contributed by atoms with Crippen LogP contribution in [-0.2, 0) is 0 Å². The minimum atomic E-state index is -0.491. The van der Waals surface area contributed by atoms with Crippen LogP contribution in [0.25, 0.3) is 0 Å². The SMILES string of the molecule is CCC(C1CCCN1)N(CC1CCCCC1)c1nc(N)nc(Nc2ccc(N)c(F)c2)n1. The lowest BCUT2D eigenvalue weighted by Crippen LogP contribution is -2.50. The van der Waals surface area contributed by atoms with Crippen LogP contribution in [0.1, 0.15) is 58.3 Å². The lowest BCUT2D eigenvalue weighted by atomic mass is 9.88. The molecule has 2 aromatic rings. The van der Waals surface area contributed by atoms with Crippen molar-refractivity contribution in [2.75, 3.05) is 34.8 Å². The second-order valence-corrected chi connectivity index (χ2v) is 9.01. The van der Waals surface area contributed by atoms with Gasteiger partial charge in [0, 0.05) is 24.3 Å². The highest BCUT2D eigenvalue weighted by Gasteiger charge is 2.32. The Kier molecular flexibility index (Phi) is 7.24. The van der Waals surface area contributed by atoms with E-state index in [1.165, 1.54) is 50.7 Å². The number of nitrogens with two attached hydrogens (primary N) is 2. The van der Waals surface area contributed by atoms with E-state index in [0.717, 1.165) is 25.9 Å². The number of nitrogen functional groups attached to an aromatic ring is 2. The van der Waals surface area contributed by atoms with Crippen molar-refractivity contribution in [1.29, 1.82) is 0 Å². The van der Waals surface area contributed by atoms with Gasteiger partial charge >= 0.3 is 0 Å². The van der Waals surface area contributed by atoms with Gasteiger partial charge < -0.3 is 27.0 Å². The standard InChI is InChI=1S/C23H35FN8/c1-2-20(19-9-6-12-27-19)32(14-15-7-4-3-5-8-15)23-30-21(26)29-22(31-23)28-16-10-11-18(25)17(24)13-16/h10-11,13,15,19-20,27H,2-9,12,14,25H2,1H3,(H3,26,28,29,30,31). The van der Waals surface area contributed by atoms with Gasteiger partial charge in [-0.1, -0.05) is 26.2 Å². The van der Waals surface area contributed by atoms with E-state index in [9.17, 15) is 4.39 Å². The highest BCUT2D eigenvalue weighted by molar-refractivity contribution is 5.59. The van der Waals surface area contributed by atoms with Crippen LogP contribution in [-0.4, -0.2) is 40.1 Å². The second kappa shape index (κ2) is 10.3. The van der Waals surface area contributed by atoms with Crippen LogP contribution >= 0.6 is 0 Å². The molecule has 2 aliphatic rings. The molecule has 6 N–H and O–H groups in total. The van der Waals surface area contributed by atoms with Gasteiger partial charge in [0.25, 0.3) is 0 Å². The first-order valence-electron chi connectivity index (χ1n) is 11.9. The van der Waals surface area contributed by atoms with Gasteiger partial charge in [-0.2, -0.15) is 15.0 Å². The molecule has 1 aromatic heterocycles. The van der Waals surface area contributed by atoms with E-state index in [1.54, 1.807) is 6.07 Å². The molecule has 1 aromatic carbocycles. The maximum absolute atomic E-state index is 13.9. The van der Waals surface area contributed by atoms with Crippen LogP contribution in [0.4, 0.5) is 33.6 Å². The van der Waals surface area contributed by atoms with Gasteiger partial charge in [-0.25, -0.2) is 4.39 Å². The highest BCUT2D eigenvalue weighted by atomic mass is 19.1. The van der Waals surface area contributed by atoms with E-state index in [2.05, 4.69) is 32.4 Å². The molecule has 1 saturated carbocycles. The maximum Gasteiger partial charge on any atom is 0.233 e. The minimum Gasteiger partial charge on any atom is -0.396 e. The van der Waals surface area contributed by atoms with Crippen molar-refractivity contribution < 1.29 is 4.39 Å². The molecule has 174 valence electrons. The molecule has 2 atom stereocenters. The fourth-order valence-corrected chi connectivity index (χ4v) is 5.07. The number of benzene rings is 1. The third-order valence-electron chi connectivity index (χ3n) is 6.72. The number of hydrogen-bond donors (Lipinski definition) is 4. The Hall–Kier alpha value is -2.68. The van der Waals surface area contributed by atoms with Crippen LogP contribution < -0.4 is 27.0 Å². The topological polar surface area (TPSA) is 118 Å². The summed E-state index contributed by atoms with van der Waals surface area (Å²) in [6.07, 6.45) is 9.69. The fourth-order valence-electron chi connectivity index (χ4n) is 5.07. The monoisotopic (exact) mass is 442 g/mol. The summed E-state index contributed by atoms with van der Waals surface area (Å²) in [6, 6.07) is 5.21. The summed E-state index contributed by atoms with van der Waals surface area (Å²) in [5, 5.41) is 6.72. The number of halogens is 1. The lowest BCUT2D eigenvalue weighted by molar-refractivity contribution is 0.332. The third-order valence-corrected chi connectivity index (χ3v) is 6.72. The summed E-state index contributed by atoms with van der Waals surface area (Å²) in [6.45, 7) is 4.18. The molecule has 4 rings (SSSR count). The van der Waals surface area contributed by atoms with Crippen molar-refractivity contribution in [3.8, 4) is 0 Å². The van der Waals surface area contributed by atoms with E-state index in [-0.39, 0.29) is 17.7 Å². The molecule has 2 heterocycles. The summed E-state index contributed by atoms with van der Waals surface area (Å²) in [5.74, 6) is 1.17. The Morgan fingerprint density at radius 3 is 2.62 bits per heavy atom. The number of aromatic nitrogens is 3. The quantitative estimate of drug-likeness (QED) is 0.456. The van der Waals surface area contributed by atoms with Crippen LogP contribution in [0.3, 0.4) is 0 Å². The van der Waals surface area contributed by atoms with Crippen molar-refractivity contribution in [3.05, 3.63) is 24.0 Å². The van der Waals surface area contributed by atoms with Gasteiger partial charge in [0.1, 0.15) is 5.82 Å². The lowest BCUT2D eigenvalue weighted by Gasteiger charge is -2.38. The second-order valence-electron chi connectivity index (χ2n) is 9.01. The number of nitrogens with one attached hydrogen (secondary N) is 2. The van der Waals surface area contributed by atoms with Gasteiger partial charge in [-0.15, -0.1) is 0 Å². The first-order valence-corrected chi connectivity index (χ1v) is 11.9. The van der Waals surface area contributed by atoms with Crippen LogP contribution in [0.2, 0.25) is 0 Å². The van der Waals surface area contributed by atoms with Gasteiger partial charge in [0.2, 0.25) is 17.8 Å². The van der Waals surface area contributed by atoms with Crippen molar-refractivity contribution in [3.63, 3.8) is 0 Å². The molecule has 9 heteroatoms. The van der Waals surface area contributed by atoms with Gasteiger partial charge in [-0.3, -0.25) is 0 Å². The number of hydrogen-bond acceptors (Lipinski definition) is 8. The zero-order valence-electron chi connectivity index (χ0n) is 18.9. The third kappa shape index (κ3) is 5.38. The molecular formula is C23H35FN8. The molecule has 0 amide bonds. The number of rotatable bonds is 8. The zero-order valence-corrected chi connectivity index (χ0v) is 18.9. The predicted molar refractivity (Wildman–Crippen MR) is 127 cm³/mol. The van der Waals surface area contributed by atoms with Crippen molar-refractivity contribution in [2.45, 2.75) is 70.4 Å². The highest BCUT2D eigenvalue weighted by Crippen LogP contribution is 2.30. The molecular weight excluding hydrogens is 407 g/mol. The molecule has 2 fully saturated rings. The summed E-state index contributed by atoms with van der Waals surface area (Å²) in [7, 11) is 0. The van der Waals surface area contributed by atoms with E-state index < -0.39 is 5.82 Å². The Labute approximate surface area is 189 Å². The summed E-state index contributed by atoms with van der Waals surface area (Å²) in [5.41, 5.74) is 12.3.